The molecule has 0 aromatic rings. The predicted octanol–water partition coefficient (Wildman–Crippen LogP) is 4.04. The summed E-state index contributed by atoms with van der Waals surface area (Å²) in [5, 5.41) is 11.9. The van der Waals surface area contributed by atoms with E-state index in [-0.39, 0.29) is 28.5 Å². The SMILES string of the molecule is CC[C@@H](N)C(=O)C1CCC(C)(C)C(O)(C2CCC(Cl)CC2)CC1. The summed E-state index contributed by atoms with van der Waals surface area (Å²) in [5.41, 5.74) is 5.12. The van der Waals surface area contributed by atoms with Gasteiger partial charge in [-0.05, 0) is 69.1 Å². The van der Waals surface area contributed by atoms with Gasteiger partial charge in [0.05, 0.1) is 11.6 Å². The number of Topliss-reactive ketones (excluding diaryl/α,β-unsaturated/α-hetero) is 1. The van der Waals surface area contributed by atoms with Gasteiger partial charge in [0.2, 0.25) is 0 Å². The summed E-state index contributed by atoms with van der Waals surface area (Å²) < 4.78 is 0. The Morgan fingerprint density at radius 2 is 1.74 bits per heavy atom. The average molecular weight is 344 g/mol. The minimum Gasteiger partial charge on any atom is -0.389 e. The number of nitrogens with two attached hydrogens (primary N) is 1. The zero-order chi connectivity index (χ0) is 17.3. The molecule has 2 saturated carbocycles. The molecule has 3 atom stereocenters. The number of alkyl halides is 1. The zero-order valence-corrected chi connectivity index (χ0v) is 15.7. The van der Waals surface area contributed by atoms with Crippen LogP contribution in [0.3, 0.4) is 0 Å². The second-order valence-corrected chi connectivity index (χ2v) is 9.07. The van der Waals surface area contributed by atoms with Crippen LogP contribution in [-0.2, 0) is 4.79 Å². The van der Waals surface area contributed by atoms with Crippen LogP contribution in [0.5, 0.6) is 0 Å². The molecule has 2 unspecified atom stereocenters. The minimum absolute atomic E-state index is 0.0163. The molecule has 0 saturated heterocycles. The van der Waals surface area contributed by atoms with Crippen molar-refractivity contribution >= 4 is 17.4 Å². The predicted molar refractivity (Wildman–Crippen MR) is 95.6 cm³/mol. The van der Waals surface area contributed by atoms with E-state index in [2.05, 4.69) is 13.8 Å². The maximum Gasteiger partial charge on any atom is 0.152 e. The summed E-state index contributed by atoms with van der Waals surface area (Å²) in [6, 6.07) is -0.346. The number of carbonyl (C=O) groups is 1. The van der Waals surface area contributed by atoms with Crippen molar-refractivity contribution in [1.29, 1.82) is 0 Å². The number of hydrogen-bond donors (Lipinski definition) is 2. The molecule has 0 radical (unpaired) electrons. The third-order valence-electron chi connectivity index (χ3n) is 6.70. The van der Waals surface area contributed by atoms with Crippen molar-refractivity contribution in [3.8, 4) is 0 Å². The molecule has 3 N–H and O–H groups in total. The molecular formula is C19H34ClNO2. The highest BCUT2D eigenvalue weighted by Crippen LogP contribution is 2.51. The summed E-state index contributed by atoms with van der Waals surface area (Å²) in [4.78, 5) is 12.5. The van der Waals surface area contributed by atoms with Crippen LogP contribution in [0.4, 0.5) is 0 Å². The average Bonchev–Trinajstić information content (AvgIpc) is 2.64. The summed E-state index contributed by atoms with van der Waals surface area (Å²) in [5.74, 6) is 0.515. The van der Waals surface area contributed by atoms with Crippen molar-refractivity contribution in [1.82, 2.24) is 0 Å². The quantitative estimate of drug-likeness (QED) is 0.598. The first-order valence-corrected chi connectivity index (χ1v) is 9.80. The Bertz CT molecular complexity index is 418. The molecule has 23 heavy (non-hydrogen) atoms. The fourth-order valence-corrected chi connectivity index (χ4v) is 4.96. The fraction of sp³-hybridized carbons (Fsp3) is 0.947. The first-order valence-electron chi connectivity index (χ1n) is 9.37. The van der Waals surface area contributed by atoms with Crippen LogP contribution in [0, 0.1) is 17.3 Å². The smallest absolute Gasteiger partial charge is 0.152 e. The molecule has 2 fully saturated rings. The highest BCUT2D eigenvalue weighted by molar-refractivity contribution is 6.20. The van der Waals surface area contributed by atoms with Crippen molar-refractivity contribution in [2.75, 3.05) is 0 Å². The van der Waals surface area contributed by atoms with Gasteiger partial charge in [-0.15, -0.1) is 11.6 Å². The molecular weight excluding hydrogens is 310 g/mol. The van der Waals surface area contributed by atoms with Crippen molar-refractivity contribution < 1.29 is 9.90 Å². The molecule has 3 nitrogen and oxygen atoms in total. The molecule has 134 valence electrons. The number of halogens is 1. The van der Waals surface area contributed by atoms with Gasteiger partial charge in [-0.1, -0.05) is 20.8 Å². The third kappa shape index (κ3) is 3.93. The second-order valence-electron chi connectivity index (χ2n) is 8.45. The van der Waals surface area contributed by atoms with Crippen molar-refractivity contribution in [3.05, 3.63) is 0 Å². The fourth-order valence-electron chi connectivity index (χ4n) is 4.70. The molecule has 0 aliphatic heterocycles. The maximum atomic E-state index is 12.5. The Balaban J connectivity index is 2.13. The van der Waals surface area contributed by atoms with Gasteiger partial charge in [-0.2, -0.15) is 0 Å². The number of ketones is 1. The molecule has 0 bridgehead atoms. The topological polar surface area (TPSA) is 63.3 Å². The van der Waals surface area contributed by atoms with Crippen molar-refractivity contribution in [2.24, 2.45) is 23.0 Å². The van der Waals surface area contributed by atoms with E-state index >= 15 is 0 Å². The maximum absolute atomic E-state index is 12.5. The van der Waals surface area contributed by atoms with E-state index in [9.17, 15) is 9.90 Å². The van der Waals surface area contributed by atoms with Gasteiger partial charge >= 0.3 is 0 Å². The van der Waals surface area contributed by atoms with Crippen LogP contribution in [0.1, 0.15) is 78.6 Å². The lowest BCUT2D eigenvalue weighted by atomic mass is 9.61. The van der Waals surface area contributed by atoms with E-state index < -0.39 is 5.60 Å². The van der Waals surface area contributed by atoms with Crippen LogP contribution < -0.4 is 5.73 Å². The molecule has 0 spiro atoms. The van der Waals surface area contributed by atoms with Crippen LogP contribution in [0.25, 0.3) is 0 Å². The molecule has 2 aliphatic carbocycles. The molecule has 0 aromatic heterocycles. The minimum atomic E-state index is -0.685. The standard InChI is InChI=1S/C19H34ClNO2/c1-4-16(21)17(22)13-9-11-18(2,3)19(23,12-10-13)14-5-7-15(20)8-6-14/h13-16,23H,4-12,21H2,1-3H3/t13?,14?,15?,16-,19?/m1/s1. The molecule has 0 amide bonds. The Morgan fingerprint density at radius 3 is 2.30 bits per heavy atom. The van der Waals surface area contributed by atoms with Crippen LogP contribution >= 0.6 is 11.6 Å². The van der Waals surface area contributed by atoms with E-state index in [1.165, 1.54) is 0 Å². The highest BCUT2D eigenvalue weighted by atomic mass is 35.5. The molecule has 4 heteroatoms. The van der Waals surface area contributed by atoms with E-state index in [4.69, 9.17) is 17.3 Å². The first-order chi connectivity index (χ1) is 10.7. The van der Waals surface area contributed by atoms with Gasteiger partial charge in [-0.3, -0.25) is 4.79 Å². The lowest BCUT2D eigenvalue weighted by Crippen LogP contribution is -2.51. The van der Waals surface area contributed by atoms with Gasteiger partial charge in [0, 0.05) is 11.3 Å². The molecule has 0 heterocycles. The number of aliphatic hydroxyl groups is 1. The number of carbonyl (C=O) groups excluding carboxylic acids is 1. The summed E-state index contributed by atoms with van der Waals surface area (Å²) >= 11 is 6.24. The van der Waals surface area contributed by atoms with Gasteiger partial charge < -0.3 is 10.8 Å². The largest absolute Gasteiger partial charge is 0.389 e. The van der Waals surface area contributed by atoms with Gasteiger partial charge in [0.1, 0.15) is 0 Å². The number of hydrogen-bond acceptors (Lipinski definition) is 3. The lowest BCUT2D eigenvalue weighted by Gasteiger charge is -2.49. The van der Waals surface area contributed by atoms with E-state index in [0.717, 1.165) is 44.9 Å². The summed E-state index contributed by atoms with van der Waals surface area (Å²) in [6.45, 7) is 6.31. The monoisotopic (exact) mass is 343 g/mol. The van der Waals surface area contributed by atoms with E-state index in [1.807, 2.05) is 6.92 Å². The van der Waals surface area contributed by atoms with E-state index in [0.29, 0.717) is 18.8 Å². The Hall–Kier alpha value is -0.120. The first kappa shape index (κ1) is 19.2. The van der Waals surface area contributed by atoms with E-state index in [1.54, 1.807) is 0 Å². The summed E-state index contributed by atoms with van der Waals surface area (Å²) in [7, 11) is 0. The Kier molecular flexibility index (Phi) is 6.19. The Morgan fingerprint density at radius 1 is 1.17 bits per heavy atom. The lowest BCUT2D eigenvalue weighted by molar-refractivity contribution is -0.127. The molecule has 2 aliphatic rings. The zero-order valence-electron chi connectivity index (χ0n) is 15.0. The second kappa shape index (κ2) is 7.41. The van der Waals surface area contributed by atoms with Gasteiger partial charge in [0.15, 0.2) is 5.78 Å². The summed E-state index contributed by atoms with van der Waals surface area (Å²) in [6.07, 6.45) is 7.91. The van der Waals surface area contributed by atoms with Gasteiger partial charge in [0.25, 0.3) is 0 Å². The third-order valence-corrected chi connectivity index (χ3v) is 7.14. The van der Waals surface area contributed by atoms with Crippen LogP contribution in [0.15, 0.2) is 0 Å². The molecule has 0 aromatic carbocycles. The highest BCUT2D eigenvalue weighted by Gasteiger charge is 2.51. The van der Waals surface area contributed by atoms with Gasteiger partial charge in [-0.25, -0.2) is 0 Å². The van der Waals surface area contributed by atoms with Crippen LogP contribution in [0.2, 0.25) is 0 Å². The van der Waals surface area contributed by atoms with Crippen LogP contribution in [-0.4, -0.2) is 27.9 Å². The Labute approximate surface area is 146 Å². The normalized spacial score (nSPS) is 39.5. The number of rotatable bonds is 4. The van der Waals surface area contributed by atoms with Crippen molar-refractivity contribution in [2.45, 2.75) is 95.6 Å². The van der Waals surface area contributed by atoms with Crippen molar-refractivity contribution in [3.63, 3.8) is 0 Å². The molecule has 2 rings (SSSR count).